The topological polar surface area (TPSA) is 71.1 Å². The molecule has 0 aliphatic heterocycles. The Morgan fingerprint density at radius 1 is 1.53 bits per heavy atom. The van der Waals surface area contributed by atoms with E-state index in [9.17, 15) is 0 Å². The van der Waals surface area contributed by atoms with Gasteiger partial charge in [0.1, 0.15) is 0 Å². The number of hydrogen-bond acceptors (Lipinski definition) is 4. The maximum atomic E-state index is 8.75. The smallest absolute Gasteiger partial charge is 0.0992 e. The lowest BCUT2D eigenvalue weighted by atomic mass is 9.80. The Hall–Kier alpha value is -1.73. The van der Waals surface area contributed by atoms with Gasteiger partial charge in [-0.25, -0.2) is 0 Å². The molecular formula is C13H17N3O. The first kappa shape index (κ1) is 11.7. The molecule has 0 radical (unpaired) electrons. The molecule has 0 saturated heterocycles. The Kier molecular flexibility index (Phi) is 3.21. The van der Waals surface area contributed by atoms with Crippen LogP contribution in [0.1, 0.15) is 24.8 Å². The van der Waals surface area contributed by atoms with Crippen LogP contribution < -0.4 is 11.1 Å². The van der Waals surface area contributed by atoms with E-state index >= 15 is 0 Å². The van der Waals surface area contributed by atoms with Crippen LogP contribution in [0.25, 0.3) is 0 Å². The maximum Gasteiger partial charge on any atom is 0.0992 e. The van der Waals surface area contributed by atoms with Gasteiger partial charge in [-0.1, -0.05) is 0 Å². The van der Waals surface area contributed by atoms with Crippen LogP contribution in [-0.4, -0.2) is 19.3 Å². The third-order valence-electron chi connectivity index (χ3n) is 3.48. The summed E-state index contributed by atoms with van der Waals surface area (Å²) in [4.78, 5) is 0. The zero-order valence-electron chi connectivity index (χ0n) is 9.99. The first-order valence-corrected chi connectivity index (χ1v) is 5.78. The monoisotopic (exact) mass is 231 g/mol. The lowest BCUT2D eigenvalue weighted by molar-refractivity contribution is -0.0601. The molecule has 0 unspecified atom stereocenters. The summed E-state index contributed by atoms with van der Waals surface area (Å²) < 4.78 is 5.52. The highest BCUT2D eigenvalue weighted by Crippen LogP contribution is 2.35. The van der Waals surface area contributed by atoms with Crippen molar-refractivity contribution in [2.24, 2.45) is 0 Å². The number of nitrogens with one attached hydrogen (secondary N) is 1. The van der Waals surface area contributed by atoms with Crippen molar-refractivity contribution in [3.05, 3.63) is 23.8 Å². The number of hydrogen-bond donors (Lipinski definition) is 2. The molecule has 0 aromatic heterocycles. The van der Waals surface area contributed by atoms with Gasteiger partial charge >= 0.3 is 0 Å². The highest BCUT2D eigenvalue weighted by atomic mass is 16.5. The summed E-state index contributed by atoms with van der Waals surface area (Å²) in [6, 6.07) is 7.36. The molecular weight excluding hydrogens is 214 g/mol. The number of nitriles is 1. The summed E-state index contributed by atoms with van der Waals surface area (Å²) in [5.74, 6) is 0. The summed E-state index contributed by atoms with van der Waals surface area (Å²) >= 11 is 0. The second-order valence-corrected chi connectivity index (χ2v) is 4.51. The van der Waals surface area contributed by atoms with E-state index in [0.717, 1.165) is 25.1 Å². The molecule has 1 aliphatic rings. The number of ether oxygens (including phenoxy) is 1. The Morgan fingerprint density at radius 2 is 2.29 bits per heavy atom. The molecule has 0 atom stereocenters. The zero-order valence-corrected chi connectivity index (χ0v) is 9.99. The van der Waals surface area contributed by atoms with E-state index in [1.54, 1.807) is 19.2 Å². The number of benzene rings is 1. The summed E-state index contributed by atoms with van der Waals surface area (Å²) in [6.45, 7) is 0.763. The molecule has 3 N–H and O–H groups in total. The van der Waals surface area contributed by atoms with Gasteiger partial charge in [0.2, 0.25) is 0 Å². The Balaban J connectivity index is 2.02. The van der Waals surface area contributed by atoms with Crippen LogP contribution >= 0.6 is 0 Å². The van der Waals surface area contributed by atoms with Gasteiger partial charge in [0.25, 0.3) is 0 Å². The average Bonchev–Trinajstić information content (AvgIpc) is 2.30. The van der Waals surface area contributed by atoms with Gasteiger partial charge in [0, 0.05) is 13.7 Å². The zero-order chi connectivity index (χ0) is 12.3. The fraction of sp³-hybridized carbons (Fsp3) is 0.462. The molecule has 0 heterocycles. The van der Waals surface area contributed by atoms with Crippen molar-refractivity contribution in [1.29, 1.82) is 5.26 Å². The molecule has 0 spiro atoms. The normalized spacial score (nSPS) is 16.9. The van der Waals surface area contributed by atoms with Crippen LogP contribution in [0.2, 0.25) is 0 Å². The summed E-state index contributed by atoms with van der Waals surface area (Å²) in [7, 11) is 1.75. The van der Waals surface area contributed by atoms with E-state index in [1.807, 2.05) is 6.07 Å². The van der Waals surface area contributed by atoms with E-state index in [1.165, 1.54) is 6.42 Å². The fourth-order valence-electron chi connectivity index (χ4n) is 2.07. The van der Waals surface area contributed by atoms with E-state index in [2.05, 4.69) is 11.4 Å². The maximum absolute atomic E-state index is 8.75. The molecule has 17 heavy (non-hydrogen) atoms. The minimum absolute atomic E-state index is 0.0274. The summed E-state index contributed by atoms with van der Waals surface area (Å²) in [5.41, 5.74) is 7.90. The number of nitrogen functional groups attached to an aromatic ring is 1. The number of rotatable bonds is 4. The molecule has 1 fully saturated rings. The lowest BCUT2D eigenvalue weighted by Crippen LogP contribution is -2.45. The molecule has 90 valence electrons. The second-order valence-electron chi connectivity index (χ2n) is 4.51. The summed E-state index contributed by atoms with van der Waals surface area (Å²) in [6.07, 6.45) is 3.40. The van der Waals surface area contributed by atoms with Crippen LogP contribution in [0.5, 0.6) is 0 Å². The van der Waals surface area contributed by atoms with Crippen molar-refractivity contribution in [2.75, 3.05) is 24.7 Å². The molecule has 1 saturated carbocycles. The highest BCUT2D eigenvalue weighted by Gasteiger charge is 2.36. The molecule has 1 aliphatic carbocycles. The van der Waals surface area contributed by atoms with Gasteiger partial charge in [-0.15, -0.1) is 0 Å². The average molecular weight is 231 g/mol. The molecule has 4 heteroatoms. The minimum atomic E-state index is -0.0274. The van der Waals surface area contributed by atoms with Crippen LogP contribution in [0.4, 0.5) is 11.4 Å². The van der Waals surface area contributed by atoms with Gasteiger partial charge in [0.05, 0.1) is 28.6 Å². The third kappa shape index (κ3) is 2.34. The standard InChI is InChI=1S/C13H17N3O/c1-17-13(5-2-6-13)9-16-12-4-3-10(8-14)7-11(12)15/h3-4,7,16H,2,5-6,9,15H2,1H3. The SMILES string of the molecule is COC1(CNc2ccc(C#N)cc2N)CCC1. The van der Waals surface area contributed by atoms with Gasteiger partial charge in [-0.05, 0) is 37.5 Å². The van der Waals surface area contributed by atoms with E-state index in [4.69, 9.17) is 15.7 Å². The quantitative estimate of drug-likeness (QED) is 0.779. The van der Waals surface area contributed by atoms with Crippen molar-refractivity contribution < 1.29 is 4.74 Å². The molecule has 4 nitrogen and oxygen atoms in total. The molecule has 0 amide bonds. The van der Waals surface area contributed by atoms with Gasteiger partial charge in [-0.2, -0.15) is 5.26 Å². The van der Waals surface area contributed by atoms with Crippen molar-refractivity contribution in [3.63, 3.8) is 0 Å². The Bertz CT molecular complexity index is 441. The van der Waals surface area contributed by atoms with E-state index in [-0.39, 0.29) is 5.60 Å². The van der Waals surface area contributed by atoms with Crippen molar-refractivity contribution in [1.82, 2.24) is 0 Å². The van der Waals surface area contributed by atoms with Crippen molar-refractivity contribution in [2.45, 2.75) is 24.9 Å². The molecule has 1 aromatic rings. The first-order chi connectivity index (χ1) is 8.19. The first-order valence-electron chi connectivity index (χ1n) is 5.78. The molecule has 1 aromatic carbocycles. The number of nitrogens with zero attached hydrogens (tertiary/aromatic N) is 1. The summed E-state index contributed by atoms with van der Waals surface area (Å²) in [5, 5.41) is 12.0. The largest absolute Gasteiger partial charge is 0.397 e. The van der Waals surface area contributed by atoms with Gasteiger partial charge < -0.3 is 15.8 Å². The highest BCUT2D eigenvalue weighted by molar-refractivity contribution is 5.68. The second kappa shape index (κ2) is 4.64. The van der Waals surface area contributed by atoms with Crippen molar-refractivity contribution in [3.8, 4) is 6.07 Å². The predicted molar refractivity (Wildman–Crippen MR) is 67.7 cm³/mol. The lowest BCUT2D eigenvalue weighted by Gasteiger charge is -2.40. The van der Waals surface area contributed by atoms with Crippen LogP contribution in [0.3, 0.4) is 0 Å². The molecule has 2 rings (SSSR count). The Morgan fingerprint density at radius 3 is 2.76 bits per heavy atom. The fourth-order valence-corrected chi connectivity index (χ4v) is 2.07. The van der Waals surface area contributed by atoms with Crippen LogP contribution in [-0.2, 0) is 4.74 Å². The van der Waals surface area contributed by atoms with Gasteiger partial charge in [-0.3, -0.25) is 0 Å². The number of methoxy groups -OCH3 is 1. The van der Waals surface area contributed by atoms with E-state index in [0.29, 0.717) is 11.3 Å². The third-order valence-corrected chi connectivity index (χ3v) is 3.48. The number of anilines is 2. The van der Waals surface area contributed by atoms with Crippen molar-refractivity contribution >= 4 is 11.4 Å². The van der Waals surface area contributed by atoms with Gasteiger partial charge in [0.15, 0.2) is 0 Å². The predicted octanol–water partition coefficient (Wildman–Crippen LogP) is 2.12. The minimum Gasteiger partial charge on any atom is -0.397 e. The molecule has 0 bridgehead atoms. The van der Waals surface area contributed by atoms with Crippen LogP contribution in [0, 0.1) is 11.3 Å². The Labute approximate surface area is 101 Å². The van der Waals surface area contributed by atoms with E-state index < -0.39 is 0 Å². The number of nitrogens with two attached hydrogens (primary N) is 1. The van der Waals surface area contributed by atoms with Crippen LogP contribution in [0.15, 0.2) is 18.2 Å².